The smallest absolute Gasteiger partial charge is 0.147 e. The molecule has 3 nitrogen and oxygen atoms in total. The Morgan fingerprint density at radius 2 is 1.94 bits per heavy atom. The highest BCUT2D eigenvalue weighted by atomic mass is 16.7. The fourth-order valence-electron chi connectivity index (χ4n) is 2.16. The Morgan fingerprint density at radius 3 is 2.50 bits per heavy atom. The first-order valence-electron chi connectivity index (χ1n) is 5.68. The van der Waals surface area contributed by atoms with Gasteiger partial charge in [0.25, 0.3) is 0 Å². The van der Waals surface area contributed by atoms with Crippen LogP contribution in [0.2, 0.25) is 0 Å². The van der Waals surface area contributed by atoms with Gasteiger partial charge < -0.3 is 14.8 Å². The van der Waals surface area contributed by atoms with Crippen LogP contribution in [0.25, 0.3) is 0 Å². The third kappa shape index (κ3) is 2.54. The first-order chi connectivity index (χ1) is 7.66. The Hall–Kier alpha value is -1.06. The monoisotopic (exact) mass is 221 g/mol. The number of ether oxygens (including phenoxy) is 2. The first-order valence-corrected chi connectivity index (χ1v) is 5.68. The Labute approximate surface area is 96.8 Å². The van der Waals surface area contributed by atoms with Crippen molar-refractivity contribution >= 4 is 5.69 Å². The van der Waals surface area contributed by atoms with E-state index in [2.05, 4.69) is 38.2 Å². The fourth-order valence-corrected chi connectivity index (χ4v) is 2.16. The van der Waals surface area contributed by atoms with Gasteiger partial charge in [0.05, 0.1) is 6.61 Å². The van der Waals surface area contributed by atoms with Crippen molar-refractivity contribution in [3.8, 4) is 0 Å². The van der Waals surface area contributed by atoms with Crippen LogP contribution < -0.4 is 5.32 Å². The van der Waals surface area contributed by atoms with E-state index in [1.165, 1.54) is 22.4 Å². The molecule has 1 aromatic rings. The number of anilines is 1. The molecule has 16 heavy (non-hydrogen) atoms. The lowest BCUT2D eigenvalue weighted by Gasteiger charge is -2.15. The van der Waals surface area contributed by atoms with E-state index in [0.717, 1.165) is 6.54 Å². The second kappa shape index (κ2) is 4.85. The van der Waals surface area contributed by atoms with Crippen LogP contribution in [-0.2, 0) is 9.47 Å². The van der Waals surface area contributed by atoms with Crippen LogP contribution in [0.5, 0.6) is 0 Å². The number of benzene rings is 1. The van der Waals surface area contributed by atoms with Gasteiger partial charge in [-0.3, -0.25) is 0 Å². The maximum Gasteiger partial charge on any atom is 0.147 e. The lowest BCUT2D eigenvalue weighted by atomic mass is 10.1. The van der Waals surface area contributed by atoms with E-state index in [1.54, 1.807) is 0 Å². The van der Waals surface area contributed by atoms with E-state index in [4.69, 9.17) is 9.47 Å². The maximum absolute atomic E-state index is 5.39. The minimum absolute atomic E-state index is 0.181. The molecule has 1 aliphatic heterocycles. The van der Waals surface area contributed by atoms with Crippen LogP contribution in [0.1, 0.15) is 16.7 Å². The van der Waals surface area contributed by atoms with E-state index in [-0.39, 0.29) is 6.10 Å². The van der Waals surface area contributed by atoms with Crippen molar-refractivity contribution in [1.82, 2.24) is 0 Å². The zero-order valence-electron chi connectivity index (χ0n) is 10.2. The number of hydrogen-bond donors (Lipinski definition) is 1. The molecule has 1 heterocycles. The van der Waals surface area contributed by atoms with Gasteiger partial charge in [-0.1, -0.05) is 17.7 Å². The van der Waals surface area contributed by atoms with Gasteiger partial charge in [-0.2, -0.15) is 0 Å². The van der Waals surface area contributed by atoms with Crippen LogP contribution in [-0.4, -0.2) is 26.0 Å². The van der Waals surface area contributed by atoms with Gasteiger partial charge in [-0.15, -0.1) is 0 Å². The van der Waals surface area contributed by atoms with Crippen molar-refractivity contribution < 1.29 is 9.47 Å². The summed E-state index contributed by atoms with van der Waals surface area (Å²) in [6.45, 7) is 8.32. The molecule has 2 rings (SSSR count). The molecule has 1 fully saturated rings. The number of nitrogens with one attached hydrogen (secondary N) is 1. The van der Waals surface area contributed by atoms with E-state index in [0.29, 0.717) is 13.4 Å². The summed E-state index contributed by atoms with van der Waals surface area (Å²) in [4.78, 5) is 0. The standard InChI is InChI=1S/C13H19NO2/c1-9-4-10(2)13(11(3)5-9)14-6-12-7-15-8-16-12/h4-5,12,14H,6-8H2,1-3H3. The van der Waals surface area contributed by atoms with Crippen LogP contribution >= 0.6 is 0 Å². The molecule has 1 unspecified atom stereocenters. The van der Waals surface area contributed by atoms with Gasteiger partial charge in [0.15, 0.2) is 0 Å². The fraction of sp³-hybridized carbons (Fsp3) is 0.538. The molecule has 1 aliphatic rings. The highest BCUT2D eigenvalue weighted by molar-refractivity contribution is 5.58. The molecular weight excluding hydrogens is 202 g/mol. The van der Waals surface area contributed by atoms with Gasteiger partial charge in [0.1, 0.15) is 12.9 Å². The van der Waals surface area contributed by atoms with E-state index in [1.807, 2.05) is 0 Å². The predicted molar refractivity (Wildman–Crippen MR) is 64.8 cm³/mol. The van der Waals surface area contributed by atoms with Crippen molar-refractivity contribution in [3.63, 3.8) is 0 Å². The molecule has 0 spiro atoms. The molecule has 0 amide bonds. The number of hydrogen-bond acceptors (Lipinski definition) is 3. The molecule has 0 bridgehead atoms. The first kappa shape index (κ1) is 11.4. The lowest BCUT2D eigenvalue weighted by Crippen LogP contribution is -2.22. The third-order valence-electron chi connectivity index (χ3n) is 2.87. The second-order valence-electron chi connectivity index (χ2n) is 4.43. The Bertz CT molecular complexity index is 347. The van der Waals surface area contributed by atoms with Crippen molar-refractivity contribution in [1.29, 1.82) is 0 Å². The maximum atomic E-state index is 5.39. The summed E-state index contributed by atoms with van der Waals surface area (Å²) >= 11 is 0. The van der Waals surface area contributed by atoms with Crippen molar-refractivity contribution in [2.45, 2.75) is 26.9 Å². The van der Waals surface area contributed by atoms with Gasteiger partial charge in [-0.25, -0.2) is 0 Å². The van der Waals surface area contributed by atoms with Gasteiger partial charge in [0.2, 0.25) is 0 Å². The quantitative estimate of drug-likeness (QED) is 0.850. The summed E-state index contributed by atoms with van der Waals surface area (Å²) in [5, 5.41) is 3.45. The van der Waals surface area contributed by atoms with Gasteiger partial charge >= 0.3 is 0 Å². The average molecular weight is 221 g/mol. The average Bonchev–Trinajstić information content (AvgIpc) is 2.68. The summed E-state index contributed by atoms with van der Waals surface area (Å²) in [7, 11) is 0. The molecule has 0 radical (unpaired) electrons. The molecule has 1 atom stereocenters. The molecule has 0 aliphatic carbocycles. The minimum atomic E-state index is 0.181. The largest absolute Gasteiger partial charge is 0.382 e. The topological polar surface area (TPSA) is 30.5 Å². The summed E-state index contributed by atoms with van der Waals surface area (Å²) in [5.74, 6) is 0. The molecule has 1 N–H and O–H groups in total. The SMILES string of the molecule is Cc1cc(C)c(NCC2COCO2)c(C)c1. The Balaban J connectivity index is 2.03. The Kier molecular flexibility index (Phi) is 3.46. The van der Waals surface area contributed by atoms with Crippen LogP contribution in [0.4, 0.5) is 5.69 Å². The van der Waals surface area contributed by atoms with E-state index >= 15 is 0 Å². The second-order valence-corrected chi connectivity index (χ2v) is 4.43. The highest BCUT2D eigenvalue weighted by Gasteiger charge is 2.16. The minimum Gasteiger partial charge on any atom is -0.382 e. The number of rotatable bonds is 3. The van der Waals surface area contributed by atoms with Gasteiger partial charge in [0, 0.05) is 12.2 Å². The highest BCUT2D eigenvalue weighted by Crippen LogP contribution is 2.22. The molecule has 0 saturated carbocycles. The van der Waals surface area contributed by atoms with E-state index < -0.39 is 0 Å². The lowest BCUT2D eigenvalue weighted by molar-refractivity contribution is 0.0500. The predicted octanol–water partition coefficient (Wildman–Crippen LogP) is 2.40. The van der Waals surface area contributed by atoms with Crippen LogP contribution in [0, 0.1) is 20.8 Å². The molecule has 1 saturated heterocycles. The van der Waals surface area contributed by atoms with Gasteiger partial charge in [-0.05, 0) is 31.9 Å². The van der Waals surface area contributed by atoms with E-state index in [9.17, 15) is 0 Å². The zero-order chi connectivity index (χ0) is 11.5. The van der Waals surface area contributed by atoms with Crippen molar-refractivity contribution in [3.05, 3.63) is 28.8 Å². The summed E-state index contributed by atoms with van der Waals surface area (Å²) in [6.07, 6.45) is 0.181. The summed E-state index contributed by atoms with van der Waals surface area (Å²) in [6, 6.07) is 4.39. The third-order valence-corrected chi connectivity index (χ3v) is 2.87. The van der Waals surface area contributed by atoms with Crippen molar-refractivity contribution in [2.75, 3.05) is 25.3 Å². The molecule has 1 aromatic carbocycles. The summed E-state index contributed by atoms with van der Waals surface area (Å²) in [5.41, 5.74) is 5.11. The normalized spacial score (nSPS) is 20.1. The molecular formula is C13H19NO2. The molecule has 88 valence electrons. The Morgan fingerprint density at radius 1 is 1.25 bits per heavy atom. The molecule has 0 aromatic heterocycles. The van der Waals surface area contributed by atoms with Crippen LogP contribution in [0.15, 0.2) is 12.1 Å². The number of aryl methyl sites for hydroxylation is 3. The zero-order valence-corrected chi connectivity index (χ0v) is 10.2. The van der Waals surface area contributed by atoms with Crippen LogP contribution in [0.3, 0.4) is 0 Å². The molecule has 3 heteroatoms. The van der Waals surface area contributed by atoms with Crippen molar-refractivity contribution in [2.24, 2.45) is 0 Å². The summed E-state index contributed by atoms with van der Waals surface area (Å²) < 4.78 is 10.6.